The van der Waals surface area contributed by atoms with E-state index in [-0.39, 0.29) is 18.6 Å². The van der Waals surface area contributed by atoms with Crippen molar-refractivity contribution < 1.29 is 34.4 Å². The monoisotopic (exact) mass is 398 g/mol. The van der Waals surface area contributed by atoms with Gasteiger partial charge < -0.3 is 20.4 Å². The van der Waals surface area contributed by atoms with Crippen LogP contribution in [-0.2, 0) is 9.59 Å². The van der Waals surface area contributed by atoms with Crippen molar-refractivity contribution >= 4 is 11.6 Å². The molecule has 0 bridgehead atoms. The Kier molecular flexibility index (Phi) is 3.20. The molecule has 0 aromatic heterocycles. The van der Waals surface area contributed by atoms with Gasteiger partial charge in [0.25, 0.3) is 0 Å². The molecule has 4 N–H and O–H groups in total. The van der Waals surface area contributed by atoms with Crippen LogP contribution in [0.1, 0.15) is 39.5 Å². The molecule has 0 amide bonds. The molecule has 4 rings (SSSR count). The number of ketones is 2. The SMILES string of the molecule is [2H]OCC(=O)[C@@]1(O[2H])[C@H](O[2H])C[C@H]2[C@@H]3CCC4=CC(=O)C=C[C@]4(C)[C@@]3(F)[C@@H](O[2H])C[C@@]21C. The van der Waals surface area contributed by atoms with Crippen molar-refractivity contribution in [1.29, 1.82) is 5.72 Å². The Morgan fingerprint density at radius 2 is 2.11 bits per heavy atom. The Bertz CT molecular complexity index is 884. The molecule has 0 spiro atoms. The van der Waals surface area contributed by atoms with Crippen molar-refractivity contribution in [2.45, 2.75) is 63.0 Å². The molecule has 154 valence electrons. The Balaban J connectivity index is 1.87. The maximum Gasteiger partial charge on any atom is 0.212 e. The Labute approximate surface area is 168 Å². The molecule has 0 heterocycles. The van der Waals surface area contributed by atoms with Gasteiger partial charge in [0.05, 0.1) is 12.2 Å². The summed E-state index contributed by atoms with van der Waals surface area (Å²) in [6.07, 6.45) is 2.56. The molecule has 3 saturated carbocycles. The highest BCUT2D eigenvalue weighted by molar-refractivity contribution is 6.01. The number of rotatable bonds is 6. The Hall–Kier alpha value is -1.41. The summed E-state index contributed by atoms with van der Waals surface area (Å²) < 4.78 is 47.4. The molecular formula is C21H27FO6. The molecule has 4 aliphatic rings. The van der Waals surface area contributed by atoms with Gasteiger partial charge in [-0.3, -0.25) is 9.59 Å². The zero-order valence-corrected chi connectivity index (χ0v) is 15.9. The highest BCUT2D eigenvalue weighted by atomic mass is 19.1. The largest absolute Gasteiger partial charge is 0.390 e. The average Bonchev–Trinajstić information content (AvgIpc) is 3.02. The number of allylic oxidation sites excluding steroid dienone is 4. The minimum atomic E-state index is -2.07. The van der Waals surface area contributed by atoms with Gasteiger partial charge >= 0.3 is 0 Å². The van der Waals surface area contributed by atoms with E-state index in [9.17, 15) is 9.59 Å². The quantitative estimate of drug-likeness (QED) is 0.521. The number of carbonyl (C=O) groups excluding carboxylic acids is 2. The second kappa shape index (κ2) is 5.81. The molecule has 0 aromatic carbocycles. The van der Waals surface area contributed by atoms with Crippen LogP contribution < -0.4 is 0 Å². The molecule has 6 nitrogen and oxygen atoms in total. The highest BCUT2D eigenvalue weighted by Gasteiger charge is 2.76. The van der Waals surface area contributed by atoms with Crippen molar-refractivity contribution in [3.63, 3.8) is 0 Å². The number of hydrogen-bond acceptors (Lipinski definition) is 6. The van der Waals surface area contributed by atoms with Crippen LogP contribution in [0.3, 0.4) is 0 Å². The zero-order chi connectivity index (χ0) is 23.5. The van der Waals surface area contributed by atoms with Crippen molar-refractivity contribution in [3.05, 3.63) is 23.8 Å². The number of aliphatic hydroxyl groups excluding tert-OH is 3. The van der Waals surface area contributed by atoms with Crippen molar-refractivity contribution in [1.82, 2.24) is 0 Å². The van der Waals surface area contributed by atoms with Gasteiger partial charge in [0.2, 0.25) is 5.72 Å². The van der Waals surface area contributed by atoms with Crippen LogP contribution in [0.5, 0.6) is 0 Å². The topological polar surface area (TPSA) is 115 Å². The first-order valence-electron chi connectivity index (χ1n) is 11.4. The van der Waals surface area contributed by atoms with Crippen LogP contribution in [0.2, 0.25) is 0 Å². The third-order valence-corrected chi connectivity index (χ3v) is 8.32. The Morgan fingerprint density at radius 1 is 1.32 bits per heavy atom. The van der Waals surface area contributed by atoms with Crippen LogP contribution in [0.4, 0.5) is 4.39 Å². The van der Waals surface area contributed by atoms with Crippen LogP contribution in [0.15, 0.2) is 23.8 Å². The molecule has 28 heavy (non-hydrogen) atoms. The number of aliphatic hydroxyl groups is 4. The molecule has 0 aromatic rings. The van der Waals surface area contributed by atoms with Gasteiger partial charge in [-0.15, -0.1) is 0 Å². The Morgan fingerprint density at radius 3 is 2.79 bits per heavy atom. The van der Waals surface area contributed by atoms with E-state index in [1.807, 2.05) is 0 Å². The number of fused-ring (bicyclic) bond motifs is 5. The zero-order valence-electron chi connectivity index (χ0n) is 19.9. The van der Waals surface area contributed by atoms with Gasteiger partial charge in [-0.25, -0.2) is 4.39 Å². The normalized spacial score (nSPS) is 54.4. The summed E-state index contributed by atoms with van der Waals surface area (Å²) in [5, 5.41) is 19.1. The van der Waals surface area contributed by atoms with Gasteiger partial charge in [0, 0.05) is 16.7 Å². The molecule has 8 atom stereocenters. The minimum absolute atomic E-state index is 0.0848. The van der Waals surface area contributed by atoms with Gasteiger partial charge in [-0.05, 0) is 50.7 Å². The van der Waals surface area contributed by atoms with E-state index in [2.05, 4.69) is 5.11 Å². The third kappa shape index (κ3) is 2.01. The minimum Gasteiger partial charge on any atom is -0.390 e. The molecule has 4 aliphatic carbocycles. The second-order valence-corrected chi connectivity index (χ2v) is 9.27. The maximum absolute atomic E-state index is 17.3. The first-order valence-corrected chi connectivity index (χ1v) is 9.73. The summed E-state index contributed by atoms with van der Waals surface area (Å²) in [6, 6.07) is 0. The second-order valence-electron chi connectivity index (χ2n) is 9.27. The van der Waals surface area contributed by atoms with Gasteiger partial charge in [0.15, 0.2) is 22.8 Å². The van der Waals surface area contributed by atoms with Crippen molar-refractivity contribution in [2.75, 3.05) is 6.61 Å². The molecule has 7 heteroatoms. The lowest BCUT2D eigenvalue weighted by Gasteiger charge is -2.62. The molecule has 0 radical (unpaired) electrons. The molecule has 0 unspecified atom stereocenters. The van der Waals surface area contributed by atoms with Crippen LogP contribution >= 0.6 is 0 Å². The highest BCUT2D eigenvalue weighted by Crippen LogP contribution is 2.69. The fraction of sp³-hybridized carbons (Fsp3) is 0.714. The summed E-state index contributed by atoms with van der Waals surface area (Å²) in [5.74, 6) is -2.21. The lowest BCUT2D eigenvalue weighted by atomic mass is 9.44. The van der Waals surface area contributed by atoms with Crippen molar-refractivity contribution in [2.24, 2.45) is 22.7 Å². The number of Topliss-reactive ketones (excluding diaryl/α,β-unsaturated/α-hetero) is 1. The van der Waals surface area contributed by atoms with Crippen LogP contribution in [-0.4, -0.2) is 67.8 Å². The number of halogens is 1. The van der Waals surface area contributed by atoms with E-state index in [4.69, 9.17) is 21.1 Å². The maximum atomic E-state index is 17.3. The van der Waals surface area contributed by atoms with Gasteiger partial charge in [-0.2, -0.15) is 0 Å². The lowest BCUT2D eigenvalue weighted by molar-refractivity contribution is -0.222. The van der Waals surface area contributed by atoms with E-state index in [0.717, 1.165) is 0 Å². The van der Waals surface area contributed by atoms with E-state index >= 15 is 4.39 Å². The molecule has 0 aliphatic heterocycles. The number of hydrogen-bond donors (Lipinski definition) is 4. The average molecular weight is 398 g/mol. The summed E-state index contributed by atoms with van der Waals surface area (Å²) in [5.41, 5.74) is -5.81. The first-order chi connectivity index (χ1) is 15.1. The standard InChI is InChI=1S/C21H27FO6/c1-18-6-5-12(24)7-11(18)3-4-13-14-8-15(25)21(28,17(27)10-23)19(14,2)9-16(26)20(13,18)22/h5-7,13-16,23,25-26,28H,3-4,8-10H2,1-2H3/t13-,14-,15+,16-,18-,19-,20-,21-/m0/s1/i23D,25D,26D,28D. The van der Waals surface area contributed by atoms with Crippen LogP contribution in [0, 0.1) is 22.7 Å². The van der Waals surface area contributed by atoms with E-state index in [0.29, 0.717) is 18.4 Å². The van der Waals surface area contributed by atoms with E-state index in [1.165, 1.54) is 12.2 Å². The predicted molar refractivity (Wildman–Crippen MR) is 96.8 cm³/mol. The first kappa shape index (κ1) is 15.4. The van der Waals surface area contributed by atoms with E-state index < -0.39 is 58.5 Å². The third-order valence-electron chi connectivity index (χ3n) is 8.32. The summed E-state index contributed by atoms with van der Waals surface area (Å²) in [4.78, 5) is 25.1. The smallest absolute Gasteiger partial charge is 0.212 e. The summed E-state index contributed by atoms with van der Waals surface area (Å²) in [7, 11) is 0. The van der Waals surface area contributed by atoms with Gasteiger partial charge in [0.1, 0.15) is 6.61 Å². The summed E-state index contributed by atoms with van der Waals surface area (Å²) in [6.45, 7) is 2.68. The fourth-order valence-electron chi connectivity index (χ4n) is 6.75. The lowest BCUT2D eigenvalue weighted by Crippen LogP contribution is -2.69. The molecule has 0 saturated heterocycles. The van der Waals surface area contributed by atoms with Crippen LogP contribution in [0.25, 0.3) is 0 Å². The van der Waals surface area contributed by atoms with Gasteiger partial charge in [-0.1, -0.05) is 18.6 Å². The number of alkyl halides is 1. The molecular weight excluding hydrogens is 367 g/mol. The van der Waals surface area contributed by atoms with Crippen molar-refractivity contribution in [3.8, 4) is 0 Å². The van der Waals surface area contributed by atoms with E-state index in [1.54, 1.807) is 19.9 Å². The fourth-order valence-corrected chi connectivity index (χ4v) is 6.75. The predicted octanol–water partition coefficient (Wildman–Crippen LogP) is 0.620. The summed E-state index contributed by atoms with van der Waals surface area (Å²) >= 11 is 0. The number of carbonyl (C=O) groups is 2. The molecule has 3 fully saturated rings.